The van der Waals surface area contributed by atoms with Gasteiger partial charge in [0.1, 0.15) is 12.3 Å². The third-order valence-corrected chi connectivity index (χ3v) is 7.83. The molecule has 42 heavy (non-hydrogen) atoms. The number of H-pyrrole nitrogens is 1. The van der Waals surface area contributed by atoms with Crippen LogP contribution in [0, 0.1) is 5.41 Å². The maximum absolute atomic E-state index is 14.0. The lowest BCUT2D eigenvalue weighted by Crippen LogP contribution is -2.50. The monoisotopic (exact) mass is 593 g/mol. The number of benzene rings is 1. The fraction of sp³-hybridized carbons (Fsp3) is 0.269. The molecule has 5 rings (SSSR count). The van der Waals surface area contributed by atoms with Gasteiger partial charge in [0, 0.05) is 24.2 Å². The van der Waals surface area contributed by atoms with Gasteiger partial charge in [-0.15, -0.1) is 10.2 Å². The molecule has 1 aliphatic heterocycles. The van der Waals surface area contributed by atoms with Crippen LogP contribution in [0.2, 0.25) is 0 Å². The number of aromatic amines is 1. The molecule has 0 saturated heterocycles. The summed E-state index contributed by atoms with van der Waals surface area (Å²) in [6, 6.07) is 11.1. The summed E-state index contributed by atoms with van der Waals surface area (Å²) in [6.45, 7) is 2.94. The number of pyridine rings is 1. The third kappa shape index (κ3) is 4.95. The molecule has 0 aliphatic carbocycles. The number of primary sulfonamides is 1. The van der Waals surface area contributed by atoms with Crippen LogP contribution in [-0.2, 0) is 19.6 Å². The smallest absolute Gasteiger partial charge is 0.260 e. The highest BCUT2D eigenvalue weighted by molar-refractivity contribution is 7.90. The van der Waals surface area contributed by atoms with Crippen molar-refractivity contribution in [1.29, 1.82) is 0 Å². The summed E-state index contributed by atoms with van der Waals surface area (Å²) in [5.41, 5.74) is -0.773. The molecule has 0 radical (unpaired) electrons. The summed E-state index contributed by atoms with van der Waals surface area (Å²) >= 11 is 0. The first-order valence-electron chi connectivity index (χ1n) is 12.5. The number of nitrogens with two attached hydrogens (primary N) is 1. The van der Waals surface area contributed by atoms with Crippen molar-refractivity contribution in [2.24, 2.45) is 15.5 Å². The third-order valence-electron chi connectivity index (χ3n) is 6.49. The van der Waals surface area contributed by atoms with Crippen molar-refractivity contribution in [3.05, 3.63) is 78.2 Å². The molecule has 218 valence electrons. The van der Waals surface area contributed by atoms with Crippen molar-refractivity contribution >= 4 is 21.5 Å². The molecule has 15 nitrogen and oxygen atoms in total. The van der Waals surface area contributed by atoms with E-state index < -0.39 is 20.3 Å². The Morgan fingerprint density at radius 2 is 1.74 bits per heavy atom. The number of ether oxygens (including phenoxy) is 3. The van der Waals surface area contributed by atoms with E-state index >= 15 is 0 Å². The number of methoxy groups -OCH3 is 1. The molecule has 1 aromatic carbocycles. The van der Waals surface area contributed by atoms with Gasteiger partial charge in [0.2, 0.25) is 15.8 Å². The van der Waals surface area contributed by atoms with Gasteiger partial charge in [-0.2, -0.15) is 5.21 Å². The second kappa shape index (κ2) is 11.2. The number of aromatic nitrogens is 7. The second-order valence-electron chi connectivity index (χ2n) is 9.50. The van der Waals surface area contributed by atoms with E-state index in [0.29, 0.717) is 5.75 Å². The molecular weight excluding hydrogens is 566 g/mol. The molecule has 16 heteroatoms. The predicted molar refractivity (Wildman–Crippen MR) is 149 cm³/mol. The van der Waals surface area contributed by atoms with E-state index in [-0.39, 0.29) is 59.1 Å². The lowest BCUT2D eigenvalue weighted by atomic mass is 9.78. The summed E-state index contributed by atoms with van der Waals surface area (Å²) in [7, 11) is -3.31. The molecule has 0 amide bonds. The zero-order valence-corrected chi connectivity index (χ0v) is 23.6. The number of nitrogens with zero attached hydrogens (tertiary/aromatic N) is 7. The Kier molecular flexibility index (Phi) is 7.68. The Morgan fingerprint density at radius 3 is 2.38 bits per heavy atom. The molecule has 0 fully saturated rings. The molecular formula is C26H27N9O6S. The van der Waals surface area contributed by atoms with Crippen LogP contribution in [0.4, 0.5) is 0 Å². The van der Waals surface area contributed by atoms with Crippen molar-refractivity contribution in [3.63, 3.8) is 0 Å². The number of rotatable bonds is 9. The van der Waals surface area contributed by atoms with E-state index in [4.69, 9.17) is 19.3 Å². The average molecular weight is 594 g/mol. The minimum absolute atomic E-state index is 0.0266. The molecule has 0 bridgehead atoms. The maximum Gasteiger partial charge on any atom is 0.260 e. The zero-order valence-electron chi connectivity index (χ0n) is 22.8. The highest BCUT2D eigenvalue weighted by atomic mass is 32.2. The van der Waals surface area contributed by atoms with Crippen molar-refractivity contribution in [1.82, 2.24) is 35.6 Å². The van der Waals surface area contributed by atoms with E-state index in [9.17, 15) is 13.5 Å². The van der Waals surface area contributed by atoms with Crippen molar-refractivity contribution in [2.75, 3.05) is 20.3 Å². The van der Waals surface area contributed by atoms with Crippen LogP contribution in [0.1, 0.15) is 25.2 Å². The maximum atomic E-state index is 14.0. The average Bonchev–Trinajstić information content (AvgIpc) is 3.52. The molecule has 3 aromatic heterocycles. The first-order valence-corrected chi connectivity index (χ1v) is 14.1. The number of aliphatic hydroxyl groups excluding tert-OH is 1. The van der Waals surface area contributed by atoms with Gasteiger partial charge >= 0.3 is 0 Å². The number of hydrogen-bond donors (Lipinski definition) is 3. The number of tetrazole rings is 1. The Balaban J connectivity index is 1.92. The fourth-order valence-electron chi connectivity index (χ4n) is 4.58. The minimum Gasteiger partial charge on any atom is -0.493 e. The lowest BCUT2D eigenvalue weighted by molar-refractivity contribution is 0.177. The van der Waals surface area contributed by atoms with Gasteiger partial charge in [0.05, 0.1) is 24.7 Å². The van der Waals surface area contributed by atoms with Gasteiger partial charge < -0.3 is 19.3 Å². The van der Waals surface area contributed by atoms with Crippen LogP contribution in [0.3, 0.4) is 0 Å². The standard InChI is InChI=1S/C26H27N9O6S/c1-25(2)20(23-29-10-6-11-30-23)21(41-19-8-5-4-7-18(19)39-3)26(42(27,37)38,31-24(25)40-14-13-36)16-9-12-28-17(15-16)22-32-34-35-33-22/h4-12,15,36H,13-14H2,1-3H3,(H2,27,37,38)(H,32,33,34,35). The molecule has 1 atom stereocenters. The summed E-state index contributed by atoms with van der Waals surface area (Å²) in [6.07, 6.45) is 4.37. The van der Waals surface area contributed by atoms with Gasteiger partial charge in [-0.3, -0.25) is 4.98 Å². The number of sulfonamides is 1. The SMILES string of the molecule is COc1ccccc1OC1=C(c2ncccn2)C(C)(C)C(OCCO)=NC1(c1ccnc(-c2nn[nH]n2)c1)S(N)(=O)=O. The zero-order chi connectivity index (χ0) is 30.0. The Labute approximate surface area is 240 Å². The van der Waals surface area contributed by atoms with E-state index in [1.165, 1.54) is 37.8 Å². The number of dihydropyridines is 1. The molecule has 1 unspecified atom stereocenters. The minimum atomic E-state index is -4.77. The summed E-state index contributed by atoms with van der Waals surface area (Å²) in [4.78, 5) is 15.3. The Morgan fingerprint density at radius 1 is 1.00 bits per heavy atom. The lowest BCUT2D eigenvalue weighted by Gasteiger charge is -2.41. The first-order chi connectivity index (χ1) is 20.1. The topological polar surface area (TPSA) is 214 Å². The van der Waals surface area contributed by atoms with Crippen LogP contribution in [0.15, 0.2) is 71.8 Å². The number of aliphatic imine (C=N–C) groups is 1. The first kappa shape index (κ1) is 28.7. The number of hydrogen-bond acceptors (Lipinski definition) is 13. The molecule has 4 N–H and O–H groups in total. The summed E-state index contributed by atoms with van der Waals surface area (Å²) in [5.74, 6) is 0.446. The van der Waals surface area contributed by atoms with Crippen LogP contribution < -0.4 is 14.6 Å². The highest BCUT2D eigenvalue weighted by Crippen LogP contribution is 2.53. The number of nitrogens with one attached hydrogen (secondary N) is 1. The Bertz CT molecular complexity index is 1740. The highest BCUT2D eigenvalue weighted by Gasteiger charge is 2.58. The van der Waals surface area contributed by atoms with Crippen LogP contribution >= 0.6 is 0 Å². The van der Waals surface area contributed by atoms with Crippen LogP contribution in [0.25, 0.3) is 17.1 Å². The molecule has 0 saturated carbocycles. The van der Waals surface area contributed by atoms with Gasteiger partial charge in [-0.05, 0) is 49.4 Å². The van der Waals surface area contributed by atoms with Gasteiger partial charge in [0.15, 0.2) is 29.0 Å². The van der Waals surface area contributed by atoms with Gasteiger partial charge in [0.25, 0.3) is 4.87 Å². The van der Waals surface area contributed by atoms with Crippen molar-refractivity contribution < 1.29 is 27.7 Å². The molecule has 4 aromatic rings. The van der Waals surface area contributed by atoms with E-state index in [1.54, 1.807) is 44.2 Å². The van der Waals surface area contributed by atoms with E-state index in [2.05, 4.69) is 40.6 Å². The van der Waals surface area contributed by atoms with Crippen molar-refractivity contribution in [3.8, 4) is 23.0 Å². The van der Waals surface area contributed by atoms with Crippen LogP contribution in [-0.4, -0.2) is 75.3 Å². The largest absolute Gasteiger partial charge is 0.493 e. The molecule has 4 heterocycles. The normalized spacial score (nSPS) is 18.4. The molecule has 1 aliphatic rings. The summed E-state index contributed by atoms with van der Waals surface area (Å²) < 4.78 is 45.8. The summed E-state index contributed by atoms with van der Waals surface area (Å²) in [5, 5.41) is 29.5. The van der Waals surface area contributed by atoms with Crippen LogP contribution in [0.5, 0.6) is 11.5 Å². The second-order valence-corrected chi connectivity index (χ2v) is 11.2. The predicted octanol–water partition coefficient (Wildman–Crippen LogP) is 1.44. The quantitative estimate of drug-likeness (QED) is 0.251. The fourth-order valence-corrected chi connectivity index (χ4v) is 5.65. The van der Waals surface area contributed by atoms with Crippen molar-refractivity contribution in [2.45, 2.75) is 18.7 Å². The van der Waals surface area contributed by atoms with E-state index in [1.807, 2.05) is 0 Å². The Hall–Kier alpha value is -4.80. The van der Waals surface area contributed by atoms with Gasteiger partial charge in [-0.25, -0.2) is 28.5 Å². The van der Waals surface area contributed by atoms with E-state index in [0.717, 1.165) is 0 Å². The van der Waals surface area contributed by atoms with Gasteiger partial charge in [-0.1, -0.05) is 12.1 Å². The molecule has 0 spiro atoms. The number of aliphatic hydroxyl groups is 1. The number of para-hydroxylation sites is 2.